The van der Waals surface area contributed by atoms with Crippen LogP contribution < -0.4 is 0 Å². The van der Waals surface area contributed by atoms with E-state index in [0.29, 0.717) is 0 Å². The molecule has 0 atom stereocenters. The van der Waals surface area contributed by atoms with E-state index in [1.165, 1.54) is 19.3 Å². The van der Waals surface area contributed by atoms with Crippen molar-refractivity contribution in [2.75, 3.05) is 0 Å². The Balaban J connectivity index is 2.83. The molecule has 0 amide bonds. The van der Waals surface area contributed by atoms with Crippen molar-refractivity contribution >= 4 is 0 Å². The first-order valence-electron chi connectivity index (χ1n) is 3.95. The topological polar surface area (TPSA) is 0 Å². The van der Waals surface area contributed by atoms with Crippen LogP contribution in [0.15, 0.2) is 24.8 Å². The molecule has 0 saturated carbocycles. The standard InChI is InChI=1S/C10H17/c1-3-5-7-9-10-8-6-4-2/h3-4,6,9H,1,5,7-8,10H2,2H3. The predicted molar refractivity (Wildman–Crippen MR) is 47.8 cm³/mol. The molecular formula is C10H17. The molecule has 0 spiro atoms. The summed E-state index contributed by atoms with van der Waals surface area (Å²) in [6.07, 6.45) is 13.3. The van der Waals surface area contributed by atoms with Crippen molar-refractivity contribution in [1.82, 2.24) is 0 Å². The molecule has 57 valence electrons. The normalized spacial score (nSPS) is 10.5. The molecule has 0 unspecified atom stereocenters. The third-order valence-corrected chi connectivity index (χ3v) is 1.35. The summed E-state index contributed by atoms with van der Waals surface area (Å²) >= 11 is 0. The molecule has 0 heteroatoms. The highest BCUT2D eigenvalue weighted by atomic mass is 13.9. The van der Waals surface area contributed by atoms with E-state index in [1.54, 1.807) is 0 Å². The summed E-state index contributed by atoms with van der Waals surface area (Å²) in [5.74, 6) is 0. The van der Waals surface area contributed by atoms with Crippen LogP contribution >= 0.6 is 0 Å². The summed E-state index contributed by atoms with van der Waals surface area (Å²) in [5.41, 5.74) is 0. The van der Waals surface area contributed by atoms with Gasteiger partial charge in [0.2, 0.25) is 0 Å². The van der Waals surface area contributed by atoms with Gasteiger partial charge in [0.25, 0.3) is 0 Å². The van der Waals surface area contributed by atoms with Crippen LogP contribution in [0.25, 0.3) is 0 Å². The first kappa shape index (κ1) is 9.48. The molecule has 0 heterocycles. The summed E-state index contributed by atoms with van der Waals surface area (Å²) in [5, 5.41) is 0. The molecule has 10 heavy (non-hydrogen) atoms. The largest absolute Gasteiger partial charge is 0.103 e. The zero-order valence-corrected chi connectivity index (χ0v) is 6.84. The third-order valence-electron chi connectivity index (χ3n) is 1.35. The fourth-order valence-electron chi connectivity index (χ4n) is 0.761. The maximum absolute atomic E-state index is 3.66. The smallest absolute Gasteiger partial charge is 0.0348 e. The minimum atomic E-state index is 1.12. The van der Waals surface area contributed by atoms with Crippen molar-refractivity contribution in [3.05, 3.63) is 31.2 Å². The number of unbranched alkanes of at least 4 members (excludes halogenated alkanes) is 4. The second-order valence-corrected chi connectivity index (χ2v) is 2.30. The molecule has 1 radical (unpaired) electrons. The molecule has 0 aliphatic heterocycles. The van der Waals surface area contributed by atoms with E-state index in [2.05, 4.69) is 32.1 Å². The first-order valence-corrected chi connectivity index (χ1v) is 3.95. The molecular weight excluding hydrogens is 120 g/mol. The van der Waals surface area contributed by atoms with Gasteiger partial charge in [-0.05, 0) is 39.0 Å². The molecule has 0 aromatic heterocycles. The van der Waals surface area contributed by atoms with Gasteiger partial charge in [-0.3, -0.25) is 0 Å². The van der Waals surface area contributed by atoms with Crippen molar-refractivity contribution in [1.29, 1.82) is 0 Å². The molecule has 0 aromatic rings. The van der Waals surface area contributed by atoms with Crippen LogP contribution in [0.1, 0.15) is 32.6 Å². The second kappa shape index (κ2) is 8.48. The van der Waals surface area contributed by atoms with Crippen molar-refractivity contribution in [2.45, 2.75) is 32.6 Å². The SMILES string of the molecule is C=CCC[CH]CCC=CC. The summed E-state index contributed by atoms with van der Waals surface area (Å²) in [7, 11) is 0. The summed E-state index contributed by atoms with van der Waals surface area (Å²) in [4.78, 5) is 0. The van der Waals surface area contributed by atoms with Crippen LogP contribution in [-0.2, 0) is 0 Å². The average Bonchev–Trinajstić information content (AvgIpc) is 1.97. The monoisotopic (exact) mass is 137 g/mol. The third kappa shape index (κ3) is 7.48. The quantitative estimate of drug-likeness (QED) is 0.388. The minimum Gasteiger partial charge on any atom is -0.103 e. The summed E-state index contributed by atoms with van der Waals surface area (Å²) in [6, 6.07) is 0. The van der Waals surface area contributed by atoms with Crippen LogP contribution in [-0.4, -0.2) is 0 Å². The van der Waals surface area contributed by atoms with Crippen molar-refractivity contribution in [2.24, 2.45) is 0 Å². The Labute approximate surface area is 64.6 Å². The Bertz CT molecular complexity index is 90.2. The Kier molecular flexibility index (Phi) is 8.04. The molecule has 0 saturated heterocycles. The molecule has 0 aliphatic rings. The Hall–Kier alpha value is -0.520. The molecule has 0 fully saturated rings. The molecule has 0 rings (SSSR count). The van der Waals surface area contributed by atoms with Crippen molar-refractivity contribution < 1.29 is 0 Å². The van der Waals surface area contributed by atoms with Gasteiger partial charge >= 0.3 is 0 Å². The molecule has 0 bridgehead atoms. The Morgan fingerprint density at radius 3 is 2.40 bits per heavy atom. The van der Waals surface area contributed by atoms with Crippen LogP contribution in [0.2, 0.25) is 0 Å². The predicted octanol–water partition coefficient (Wildman–Crippen LogP) is 3.51. The maximum atomic E-state index is 3.66. The van der Waals surface area contributed by atoms with Gasteiger partial charge in [0.15, 0.2) is 0 Å². The van der Waals surface area contributed by atoms with Gasteiger partial charge in [0.05, 0.1) is 0 Å². The van der Waals surface area contributed by atoms with E-state index in [1.807, 2.05) is 6.08 Å². The number of hydrogen-bond donors (Lipinski definition) is 0. The zero-order chi connectivity index (χ0) is 7.66. The highest BCUT2D eigenvalue weighted by Gasteiger charge is 1.83. The van der Waals surface area contributed by atoms with Crippen LogP contribution in [0.3, 0.4) is 0 Å². The zero-order valence-electron chi connectivity index (χ0n) is 6.84. The van der Waals surface area contributed by atoms with Crippen molar-refractivity contribution in [3.63, 3.8) is 0 Å². The van der Waals surface area contributed by atoms with E-state index in [9.17, 15) is 0 Å². The van der Waals surface area contributed by atoms with E-state index < -0.39 is 0 Å². The van der Waals surface area contributed by atoms with E-state index in [4.69, 9.17) is 0 Å². The lowest BCUT2D eigenvalue weighted by Gasteiger charge is -1.92. The van der Waals surface area contributed by atoms with Crippen molar-refractivity contribution in [3.8, 4) is 0 Å². The fraction of sp³-hybridized carbons (Fsp3) is 0.500. The Morgan fingerprint density at radius 1 is 1.10 bits per heavy atom. The fourth-order valence-corrected chi connectivity index (χ4v) is 0.761. The van der Waals surface area contributed by atoms with Gasteiger partial charge in [-0.2, -0.15) is 0 Å². The van der Waals surface area contributed by atoms with Gasteiger partial charge in [0, 0.05) is 0 Å². The van der Waals surface area contributed by atoms with Gasteiger partial charge in [-0.25, -0.2) is 0 Å². The highest BCUT2D eigenvalue weighted by molar-refractivity contribution is 4.81. The Morgan fingerprint density at radius 2 is 1.80 bits per heavy atom. The number of rotatable bonds is 6. The van der Waals surface area contributed by atoms with E-state index in [0.717, 1.165) is 6.42 Å². The van der Waals surface area contributed by atoms with E-state index in [-0.39, 0.29) is 0 Å². The maximum Gasteiger partial charge on any atom is -0.0348 e. The molecule has 0 nitrogen and oxygen atoms in total. The number of allylic oxidation sites excluding steroid dienone is 3. The first-order chi connectivity index (χ1) is 4.91. The lowest BCUT2D eigenvalue weighted by Crippen LogP contribution is -1.74. The number of hydrogen-bond acceptors (Lipinski definition) is 0. The minimum absolute atomic E-state index is 1.12. The second-order valence-electron chi connectivity index (χ2n) is 2.30. The van der Waals surface area contributed by atoms with Gasteiger partial charge in [0.1, 0.15) is 0 Å². The van der Waals surface area contributed by atoms with Crippen LogP contribution in [0.5, 0.6) is 0 Å². The molecule has 0 N–H and O–H groups in total. The lowest BCUT2D eigenvalue weighted by atomic mass is 10.1. The molecule has 0 aromatic carbocycles. The summed E-state index contributed by atoms with van der Waals surface area (Å²) in [6.45, 7) is 5.72. The highest BCUT2D eigenvalue weighted by Crippen LogP contribution is 2.01. The average molecular weight is 137 g/mol. The van der Waals surface area contributed by atoms with Gasteiger partial charge in [-0.15, -0.1) is 6.58 Å². The lowest BCUT2D eigenvalue weighted by molar-refractivity contribution is 0.857. The molecule has 0 aliphatic carbocycles. The summed E-state index contributed by atoms with van der Waals surface area (Å²) < 4.78 is 0. The van der Waals surface area contributed by atoms with Gasteiger partial charge in [-0.1, -0.05) is 18.2 Å². The van der Waals surface area contributed by atoms with Gasteiger partial charge < -0.3 is 0 Å². The van der Waals surface area contributed by atoms with Crippen LogP contribution in [0.4, 0.5) is 0 Å². The van der Waals surface area contributed by atoms with Crippen LogP contribution in [0, 0.1) is 6.42 Å². The van der Waals surface area contributed by atoms with E-state index >= 15 is 0 Å².